The zero-order valence-electron chi connectivity index (χ0n) is 11.0. The van der Waals surface area contributed by atoms with Crippen LogP contribution in [0.5, 0.6) is 0 Å². The summed E-state index contributed by atoms with van der Waals surface area (Å²) in [5, 5.41) is 2.90. The zero-order chi connectivity index (χ0) is 14.5. The Morgan fingerprint density at radius 1 is 1.20 bits per heavy atom. The van der Waals surface area contributed by atoms with Gasteiger partial charge in [-0.3, -0.25) is 9.78 Å². The lowest BCUT2D eigenvalue weighted by Crippen LogP contribution is -2.27. The molecular formula is C15H15N3OS. The van der Waals surface area contributed by atoms with Crippen LogP contribution in [0.1, 0.15) is 34.6 Å². The number of thiocarbonyl (C=S) groups is 1. The van der Waals surface area contributed by atoms with Crippen molar-refractivity contribution in [1.29, 1.82) is 0 Å². The summed E-state index contributed by atoms with van der Waals surface area (Å²) in [6.07, 6.45) is 1.70. The minimum absolute atomic E-state index is 0.154. The molecule has 0 saturated carbocycles. The Kier molecular flexibility index (Phi) is 4.42. The summed E-state index contributed by atoms with van der Waals surface area (Å²) < 4.78 is 0. The molecule has 0 spiro atoms. The number of benzene rings is 1. The molecule has 1 aromatic carbocycles. The van der Waals surface area contributed by atoms with Crippen LogP contribution in [-0.4, -0.2) is 15.9 Å². The minimum Gasteiger partial charge on any atom is -0.389 e. The number of carbonyl (C=O) groups is 1. The van der Waals surface area contributed by atoms with Gasteiger partial charge < -0.3 is 11.1 Å². The molecule has 1 aromatic heterocycles. The first-order valence-electron chi connectivity index (χ1n) is 6.19. The Morgan fingerprint density at radius 3 is 2.40 bits per heavy atom. The topological polar surface area (TPSA) is 68.0 Å². The van der Waals surface area contributed by atoms with Gasteiger partial charge in [-0.1, -0.05) is 30.4 Å². The number of pyridine rings is 1. The molecule has 2 aromatic rings. The molecule has 5 heteroatoms. The largest absolute Gasteiger partial charge is 0.389 e. The van der Waals surface area contributed by atoms with E-state index in [1.165, 1.54) is 0 Å². The summed E-state index contributed by atoms with van der Waals surface area (Å²) >= 11 is 4.87. The molecule has 20 heavy (non-hydrogen) atoms. The van der Waals surface area contributed by atoms with Crippen LogP contribution in [0, 0.1) is 0 Å². The van der Waals surface area contributed by atoms with Crippen LogP contribution in [0.4, 0.5) is 0 Å². The summed E-state index contributed by atoms with van der Waals surface area (Å²) in [5.41, 5.74) is 7.65. The minimum atomic E-state index is -0.155. The average Bonchev–Trinajstić information content (AvgIpc) is 2.48. The van der Waals surface area contributed by atoms with Crippen LogP contribution >= 0.6 is 12.2 Å². The molecule has 3 N–H and O–H groups in total. The van der Waals surface area contributed by atoms with Crippen LogP contribution in [0.3, 0.4) is 0 Å². The van der Waals surface area contributed by atoms with E-state index in [1.54, 1.807) is 30.5 Å². The van der Waals surface area contributed by atoms with Crippen LogP contribution in [-0.2, 0) is 0 Å². The van der Waals surface area contributed by atoms with Crippen molar-refractivity contribution < 1.29 is 4.79 Å². The van der Waals surface area contributed by atoms with E-state index in [2.05, 4.69) is 10.3 Å². The Balaban J connectivity index is 2.06. The molecule has 0 radical (unpaired) electrons. The van der Waals surface area contributed by atoms with E-state index in [4.69, 9.17) is 18.0 Å². The van der Waals surface area contributed by atoms with Crippen molar-refractivity contribution in [2.24, 2.45) is 5.73 Å². The number of hydrogen-bond acceptors (Lipinski definition) is 3. The quantitative estimate of drug-likeness (QED) is 0.845. The van der Waals surface area contributed by atoms with Crippen LogP contribution in [0.2, 0.25) is 0 Å². The molecule has 1 atom stereocenters. The molecule has 0 saturated heterocycles. The highest BCUT2D eigenvalue weighted by Gasteiger charge is 2.12. The Bertz CT molecular complexity index is 611. The maximum absolute atomic E-state index is 12.1. The lowest BCUT2D eigenvalue weighted by molar-refractivity contribution is 0.0939. The molecular weight excluding hydrogens is 270 g/mol. The number of rotatable bonds is 4. The molecule has 0 bridgehead atoms. The summed E-state index contributed by atoms with van der Waals surface area (Å²) in [4.78, 5) is 16.6. The normalized spacial score (nSPS) is 11.7. The Hall–Kier alpha value is -2.27. The van der Waals surface area contributed by atoms with Crippen molar-refractivity contribution in [1.82, 2.24) is 10.3 Å². The van der Waals surface area contributed by atoms with Crippen molar-refractivity contribution in [2.45, 2.75) is 13.0 Å². The molecule has 0 aliphatic carbocycles. The predicted molar refractivity (Wildman–Crippen MR) is 82.4 cm³/mol. The van der Waals surface area contributed by atoms with Gasteiger partial charge in [-0.05, 0) is 31.2 Å². The van der Waals surface area contributed by atoms with Crippen molar-refractivity contribution in [3.8, 4) is 0 Å². The van der Waals surface area contributed by atoms with Crippen LogP contribution in [0.15, 0.2) is 48.7 Å². The summed E-state index contributed by atoms with van der Waals surface area (Å²) in [5.74, 6) is -0.155. The fraction of sp³-hybridized carbons (Fsp3) is 0.133. The Labute approximate surface area is 123 Å². The third-order valence-corrected chi connectivity index (χ3v) is 3.15. The number of nitrogens with two attached hydrogens (primary N) is 1. The number of nitrogens with one attached hydrogen (secondary N) is 1. The molecule has 0 aliphatic rings. The van der Waals surface area contributed by atoms with Gasteiger partial charge in [0.05, 0.1) is 11.7 Å². The van der Waals surface area contributed by atoms with Gasteiger partial charge in [-0.25, -0.2) is 0 Å². The van der Waals surface area contributed by atoms with E-state index in [0.29, 0.717) is 10.6 Å². The van der Waals surface area contributed by atoms with E-state index < -0.39 is 0 Å². The third-order valence-electron chi connectivity index (χ3n) is 2.91. The van der Waals surface area contributed by atoms with E-state index in [1.807, 2.05) is 25.1 Å². The van der Waals surface area contributed by atoms with Crippen molar-refractivity contribution in [2.75, 3.05) is 0 Å². The smallest absolute Gasteiger partial charge is 0.251 e. The molecule has 4 nitrogen and oxygen atoms in total. The van der Waals surface area contributed by atoms with Crippen LogP contribution < -0.4 is 11.1 Å². The molecule has 1 unspecified atom stereocenters. The molecule has 102 valence electrons. The summed E-state index contributed by atoms with van der Waals surface area (Å²) in [6, 6.07) is 12.3. The number of aromatic nitrogens is 1. The van der Waals surface area contributed by atoms with Gasteiger partial charge in [0.2, 0.25) is 0 Å². The van der Waals surface area contributed by atoms with Gasteiger partial charge in [-0.15, -0.1) is 0 Å². The maximum Gasteiger partial charge on any atom is 0.251 e. The summed E-state index contributed by atoms with van der Waals surface area (Å²) in [7, 11) is 0. The number of carbonyl (C=O) groups excluding carboxylic acids is 1. The SMILES string of the molecule is CC(NC(=O)c1ccc(C(N)=S)cc1)c1ccccn1. The van der Waals surface area contributed by atoms with Crippen molar-refractivity contribution in [3.63, 3.8) is 0 Å². The van der Waals surface area contributed by atoms with E-state index in [0.717, 1.165) is 11.3 Å². The predicted octanol–water partition coefficient (Wildman–Crippen LogP) is 2.21. The van der Waals surface area contributed by atoms with E-state index in [9.17, 15) is 4.79 Å². The highest BCUT2D eigenvalue weighted by Crippen LogP contribution is 2.10. The fourth-order valence-corrected chi connectivity index (χ4v) is 1.91. The number of amides is 1. The van der Waals surface area contributed by atoms with Crippen molar-refractivity contribution in [3.05, 3.63) is 65.5 Å². The fourth-order valence-electron chi connectivity index (χ4n) is 1.77. The second kappa shape index (κ2) is 6.25. The molecule has 0 aliphatic heterocycles. The number of nitrogens with zero attached hydrogens (tertiary/aromatic N) is 1. The monoisotopic (exact) mass is 285 g/mol. The van der Waals surface area contributed by atoms with Gasteiger partial charge in [0.25, 0.3) is 5.91 Å². The Morgan fingerprint density at radius 2 is 1.85 bits per heavy atom. The second-order valence-corrected chi connectivity index (χ2v) is 4.83. The first-order chi connectivity index (χ1) is 9.58. The van der Waals surface area contributed by atoms with Gasteiger partial charge in [0.1, 0.15) is 4.99 Å². The van der Waals surface area contributed by atoms with E-state index >= 15 is 0 Å². The maximum atomic E-state index is 12.1. The van der Waals surface area contributed by atoms with Gasteiger partial charge in [-0.2, -0.15) is 0 Å². The van der Waals surface area contributed by atoms with Gasteiger partial charge in [0.15, 0.2) is 0 Å². The average molecular weight is 285 g/mol. The standard InChI is InChI=1S/C15H15N3OS/c1-10(13-4-2-3-9-17-13)18-15(19)12-7-5-11(6-8-12)14(16)20/h2-10H,1H3,(H2,16,20)(H,18,19). The van der Waals surface area contributed by atoms with Crippen molar-refractivity contribution >= 4 is 23.1 Å². The molecule has 0 fully saturated rings. The lowest BCUT2D eigenvalue weighted by Gasteiger charge is -2.13. The lowest BCUT2D eigenvalue weighted by atomic mass is 10.1. The zero-order valence-corrected chi connectivity index (χ0v) is 11.9. The van der Waals surface area contributed by atoms with Gasteiger partial charge in [0, 0.05) is 17.3 Å². The number of hydrogen-bond donors (Lipinski definition) is 2. The van der Waals surface area contributed by atoms with Gasteiger partial charge >= 0.3 is 0 Å². The molecule has 2 rings (SSSR count). The van der Waals surface area contributed by atoms with Crippen LogP contribution in [0.25, 0.3) is 0 Å². The van der Waals surface area contributed by atoms with E-state index in [-0.39, 0.29) is 11.9 Å². The highest BCUT2D eigenvalue weighted by molar-refractivity contribution is 7.80. The summed E-state index contributed by atoms with van der Waals surface area (Å²) in [6.45, 7) is 1.89. The molecule has 1 heterocycles. The first-order valence-corrected chi connectivity index (χ1v) is 6.60. The molecule has 1 amide bonds. The third kappa shape index (κ3) is 3.39. The first kappa shape index (κ1) is 14.1. The highest BCUT2D eigenvalue weighted by atomic mass is 32.1. The second-order valence-electron chi connectivity index (χ2n) is 4.39.